The minimum Gasteiger partial charge on any atom is -0.366 e. The van der Waals surface area contributed by atoms with Crippen molar-refractivity contribution in [1.82, 2.24) is 0 Å². The normalized spacial score (nSPS) is 40.4. The predicted octanol–water partition coefficient (Wildman–Crippen LogP) is 12.1. The van der Waals surface area contributed by atoms with Gasteiger partial charge in [-0.2, -0.15) is 0 Å². The van der Waals surface area contributed by atoms with Crippen LogP contribution in [0.1, 0.15) is 94.6 Å². The number of hydrogen-bond acceptors (Lipinski definition) is 2. The Morgan fingerprint density at radius 3 is 2.67 bits per heavy atom. The molecular formula is C49H52OS. The first-order valence-corrected chi connectivity index (χ1v) is 21.5. The lowest BCUT2D eigenvalue weighted by Crippen LogP contribution is -2.58. The summed E-state index contributed by atoms with van der Waals surface area (Å²) in [6.45, 7) is 2.47. The van der Waals surface area contributed by atoms with Gasteiger partial charge in [0.25, 0.3) is 0 Å². The van der Waals surface area contributed by atoms with Crippen LogP contribution in [0.2, 0.25) is 0 Å². The van der Waals surface area contributed by atoms with Gasteiger partial charge in [-0.25, -0.2) is 0 Å². The van der Waals surface area contributed by atoms with E-state index in [2.05, 4.69) is 122 Å². The number of rotatable bonds is 3. The van der Waals surface area contributed by atoms with E-state index in [0.29, 0.717) is 29.6 Å². The maximum Gasteiger partial charge on any atom is 0.0838 e. The Hall–Kier alpha value is -3.07. The van der Waals surface area contributed by atoms with E-state index in [0.717, 1.165) is 16.4 Å². The molecule has 0 N–H and O–H groups in total. The number of allylic oxidation sites excluding steroid dienone is 16. The van der Waals surface area contributed by atoms with Gasteiger partial charge in [-0.3, -0.25) is 0 Å². The third-order valence-electron chi connectivity index (χ3n) is 15.3. The lowest BCUT2D eigenvalue weighted by molar-refractivity contribution is -0.151. The van der Waals surface area contributed by atoms with Crippen molar-refractivity contribution >= 4 is 17.3 Å². The molecule has 0 radical (unpaired) electrons. The van der Waals surface area contributed by atoms with Gasteiger partial charge in [-0.15, -0.1) is 11.8 Å². The van der Waals surface area contributed by atoms with Crippen molar-refractivity contribution < 1.29 is 4.74 Å². The summed E-state index contributed by atoms with van der Waals surface area (Å²) < 4.78 is 7.00. The first kappa shape index (κ1) is 31.5. The number of ether oxygens (including phenoxy) is 1. The van der Waals surface area contributed by atoms with Gasteiger partial charge in [-0.1, -0.05) is 127 Å². The third-order valence-corrected chi connectivity index (χ3v) is 16.9. The van der Waals surface area contributed by atoms with E-state index in [1.807, 2.05) is 5.57 Å². The van der Waals surface area contributed by atoms with Crippen molar-refractivity contribution in [2.24, 2.45) is 35.0 Å². The molecule has 1 nitrogen and oxygen atoms in total. The lowest BCUT2D eigenvalue weighted by Gasteiger charge is -2.59. The van der Waals surface area contributed by atoms with E-state index in [1.165, 1.54) is 81.8 Å². The van der Waals surface area contributed by atoms with Gasteiger partial charge in [-0.05, 0) is 122 Å². The monoisotopic (exact) mass is 688 g/mol. The molecule has 1 spiro atoms. The van der Waals surface area contributed by atoms with Gasteiger partial charge in [0.15, 0.2) is 0 Å². The van der Waals surface area contributed by atoms with Crippen LogP contribution in [0.3, 0.4) is 0 Å². The summed E-state index contributed by atoms with van der Waals surface area (Å²) in [5, 5.41) is 1.50. The Kier molecular flexibility index (Phi) is 7.55. The highest BCUT2D eigenvalue weighted by Crippen LogP contribution is 2.72. The summed E-state index contributed by atoms with van der Waals surface area (Å²) in [6, 6.07) is 10.0. The SMILES string of the molecule is CC(C1=CCC2SC3CC=CC=C3C2C1)c1ccc(C2=CCCC3C2C2=C(CCC4=C2CCC=C4)C32C3C=CC=CC3OC3C=CCCC32)cc1. The Morgan fingerprint density at radius 1 is 0.824 bits per heavy atom. The zero-order valence-corrected chi connectivity index (χ0v) is 31.0. The van der Waals surface area contributed by atoms with Crippen molar-refractivity contribution in [2.45, 2.75) is 106 Å². The van der Waals surface area contributed by atoms with Crippen LogP contribution in [0.15, 0.2) is 137 Å². The number of hydrogen-bond donors (Lipinski definition) is 0. The highest BCUT2D eigenvalue weighted by atomic mass is 32.2. The summed E-state index contributed by atoms with van der Waals surface area (Å²) in [6.07, 6.45) is 45.7. The molecule has 11 unspecified atom stereocenters. The fraction of sp³-hybridized carbons (Fsp3) is 0.469. The summed E-state index contributed by atoms with van der Waals surface area (Å²) in [4.78, 5) is 0. The Labute approximate surface area is 309 Å². The molecule has 1 aromatic rings. The van der Waals surface area contributed by atoms with Crippen LogP contribution in [0.25, 0.3) is 5.57 Å². The summed E-state index contributed by atoms with van der Waals surface area (Å²) in [5.41, 5.74) is 15.1. The van der Waals surface area contributed by atoms with Crippen LogP contribution < -0.4 is 0 Å². The lowest BCUT2D eigenvalue weighted by atomic mass is 9.49. The van der Waals surface area contributed by atoms with Crippen molar-refractivity contribution in [3.8, 4) is 0 Å². The molecule has 11 rings (SSSR count). The molecule has 2 saturated heterocycles. The van der Waals surface area contributed by atoms with Crippen molar-refractivity contribution in [1.29, 1.82) is 0 Å². The first-order valence-electron chi connectivity index (χ1n) is 20.5. The average Bonchev–Trinajstić information content (AvgIpc) is 3.72. The number of thioether (sulfide) groups is 1. The van der Waals surface area contributed by atoms with Crippen molar-refractivity contribution in [3.63, 3.8) is 0 Å². The second-order valence-corrected chi connectivity index (χ2v) is 18.7. The first-order chi connectivity index (χ1) is 25.2. The molecule has 2 aliphatic heterocycles. The van der Waals surface area contributed by atoms with Crippen molar-refractivity contribution in [3.05, 3.63) is 148 Å². The molecule has 260 valence electrons. The molecular weight excluding hydrogens is 637 g/mol. The molecule has 0 bridgehead atoms. The Balaban J connectivity index is 0.966. The van der Waals surface area contributed by atoms with Crippen molar-refractivity contribution in [2.75, 3.05) is 0 Å². The predicted molar refractivity (Wildman–Crippen MR) is 213 cm³/mol. The van der Waals surface area contributed by atoms with Gasteiger partial charge < -0.3 is 4.74 Å². The van der Waals surface area contributed by atoms with E-state index in [1.54, 1.807) is 33.4 Å². The molecule has 8 aliphatic carbocycles. The number of fused-ring (bicyclic) bond motifs is 12. The molecule has 51 heavy (non-hydrogen) atoms. The molecule has 0 amide bonds. The average molecular weight is 689 g/mol. The van der Waals surface area contributed by atoms with E-state index in [4.69, 9.17) is 4.74 Å². The van der Waals surface area contributed by atoms with Gasteiger partial charge >= 0.3 is 0 Å². The maximum atomic E-state index is 7.00. The fourth-order valence-corrected chi connectivity index (χ4v) is 14.9. The minimum absolute atomic E-state index is 0.166. The molecule has 2 fully saturated rings. The Morgan fingerprint density at radius 2 is 1.73 bits per heavy atom. The van der Waals surface area contributed by atoms with Gasteiger partial charge in [0.05, 0.1) is 12.2 Å². The molecule has 10 aliphatic rings. The minimum atomic E-state index is 0.166. The number of benzene rings is 1. The van der Waals surface area contributed by atoms with E-state index in [-0.39, 0.29) is 17.6 Å². The molecule has 0 saturated carbocycles. The summed E-state index contributed by atoms with van der Waals surface area (Å²) >= 11 is 2.25. The van der Waals surface area contributed by atoms with Crippen LogP contribution in [0, 0.1) is 35.0 Å². The standard InChI is InChI=1S/C49H52OS/c1-30(34-26-28-46-38(29-34)37-13-4-9-20-45(37)51-46)31-21-23-33(24-22-31)36-14-10-17-41-47(36)48-35-12-3-2-11-32(35)25-27-42(48)49(41)39-15-5-7-18-43(39)50-44-19-8-6-16-40(44)49/h2,4-5,7-9,11,13-15,18-19,21-24,26,30,38-41,43-47H,3,6,10,12,16-17,20,25,27-29H2,1H3. The van der Waals surface area contributed by atoms with E-state index in [9.17, 15) is 0 Å². The van der Waals surface area contributed by atoms with E-state index < -0.39 is 0 Å². The molecule has 0 aromatic heterocycles. The van der Waals surface area contributed by atoms with E-state index >= 15 is 0 Å². The second kappa shape index (κ2) is 12.2. The third kappa shape index (κ3) is 4.64. The second-order valence-electron chi connectivity index (χ2n) is 17.2. The highest BCUT2D eigenvalue weighted by Gasteiger charge is 2.66. The fourth-order valence-electron chi connectivity index (χ4n) is 13.2. The quantitative estimate of drug-likeness (QED) is 0.292. The zero-order chi connectivity index (χ0) is 33.7. The molecule has 2 heteroatoms. The van der Waals surface area contributed by atoms with Gasteiger partial charge in [0.2, 0.25) is 0 Å². The molecule has 1 aromatic carbocycles. The largest absolute Gasteiger partial charge is 0.366 e. The summed E-state index contributed by atoms with van der Waals surface area (Å²) in [5.74, 6) is 3.31. The Bertz CT molecular complexity index is 1950. The summed E-state index contributed by atoms with van der Waals surface area (Å²) in [7, 11) is 0. The highest BCUT2D eigenvalue weighted by molar-refractivity contribution is 8.01. The van der Waals surface area contributed by atoms with Crippen LogP contribution in [0.5, 0.6) is 0 Å². The van der Waals surface area contributed by atoms with Gasteiger partial charge in [0.1, 0.15) is 0 Å². The topological polar surface area (TPSA) is 9.23 Å². The molecule has 2 heterocycles. The van der Waals surface area contributed by atoms with Crippen LogP contribution in [-0.2, 0) is 4.74 Å². The van der Waals surface area contributed by atoms with Crippen LogP contribution >= 0.6 is 11.8 Å². The van der Waals surface area contributed by atoms with Crippen LogP contribution in [0.4, 0.5) is 0 Å². The van der Waals surface area contributed by atoms with Gasteiger partial charge in [0, 0.05) is 33.7 Å². The zero-order valence-electron chi connectivity index (χ0n) is 30.2. The van der Waals surface area contributed by atoms with Crippen LogP contribution in [-0.4, -0.2) is 22.7 Å². The molecule has 11 atom stereocenters. The smallest absolute Gasteiger partial charge is 0.0838 e. The maximum absolute atomic E-state index is 7.00.